The maximum absolute atomic E-state index is 13.9. The summed E-state index contributed by atoms with van der Waals surface area (Å²) in [5.74, 6) is -0.0382. The molecular formula is C17H12BrFN4O. The first kappa shape index (κ1) is 14.9. The maximum Gasteiger partial charge on any atom is 0.268 e. The van der Waals surface area contributed by atoms with Gasteiger partial charge in [0.25, 0.3) is 5.91 Å². The lowest BCUT2D eigenvalue weighted by molar-refractivity contribution is 0.0946. The van der Waals surface area contributed by atoms with Crippen LogP contribution in [0.1, 0.15) is 16.3 Å². The molecule has 0 atom stereocenters. The first-order valence-electron chi connectivity index (χ1n) is 7.30. The van der Waals surface area contributed by atoms with Crippen LogP contribution in [0.5, 0.6) is 0 Å². The Kier molecular flexibility index (Phi) is 3.57. The summed E-state index contributed by atoms with van der Waals surface area (Å²) in [6.07, 6.45) is 0. The molecule has 0 aliphatic carbocycles. The molecule has 0 saturated carbocycles. The van der Waals surface area contributed by atoms with Crippen molar-refractivity contribution in [2.24, 2.45) is 0 Å². The molecule has 7 heteroatoms. The van der Waals surface area contributed by atoms with Crippen LogP contribution >= 0.6 is 15.9 Å². The van der Waals surface area contributed by atoms with Gasteiger partial charge in [0.1, 0.15) is 17.3 Å². The minimum absolute atomic E-state index is 0.259. The highest BCUT2D eigenvalue weighted by molar-refractivity contribution is 9.10. The highest BCUT2D eigenvalue weighted by atomic mass is 79.9. The SMILES string of the molecule is O=C(NCc1nc2ccccc2[nH]1)c1cc2c(F)cc(Br)cc2[nH]1. The van der Waals surface area contributed by atoms with Crippen LogP contribution in [-0.4, -0.2) is 20.9 Å². The molecule has 0 saturated heterocycles. The van der Waals surface area contributed by atoms with Crippen molar-refractivity contribution >= 4 is 43.8 Å². The number of rotatable bonds is 3. The molecule has 2 heterocycles. The first-order chi connectivity index (χ1) is 11.6. The molecule has 24 heavy (non-hydrogen) atoms. The third kappa shape index (κ3) is 2.67. The monoisotopic (exact) mass is 386 g/mol. The summed E-state index contributed by atoms with van der Waals surface area (Å²) in [6.45, 7) is 0.259. The van der Waals surface area contributed by atoms with Gasteiger partial charge in [0.2, 0.25) is 0 Å². The molecule has 2 aromatic carbocycles. The number of H-pyrrole nitrogens is 2. The molecule has 0 aliphatic heterocycles. The summed E-state index contributed by atoms with van der Waals surface area (Å²) in [4.78, 5) is 22.8. The van der Waals surface area contributed by atoms with Crippen LogP contribution in [0.3, 0.4) is 0 Å². The zero-order valence-electron chi connectivity index (χ0n) is 12.4. The number of benzene rings is 2. The number of nitrogens with one attached hydrogen (secondary N) is 3. The Labute approximate surface area is 144 Å². The van der Waals surface area contributed by atoms with E-state index in [2.05, 4.69) is 36.2 Å². The van der Waals surface area contributed by atoms with Crippen LogP contribution in [0.2, 0.25) is 0 Å². The summed E-state index contributed by atoms with van der Waals surface area (Å²) in [6, 6.07) is 12.2. The Bertz CT molecular complexity index is 1040. The van der Waals surface area contributed by atoms with Crippen molar-refractivity contribution in [2.45, 2.75) is 6.54 Å². The molecule has 0 unspecified atom stereocenters. The van der Waals surface area contributed by atoms with Gasteiger partial charge in [-0.05, 0) is 30.3 Å². The second-order valence-corrected chi connectivity index (χ2v) is 6.33. The van der Waals surface area contributed by atoms with E-state index in [4.69, 9.17) is 0 Å². The van der Waals surface area contributed by atoms with E-state index in [-0.39, 0.29) is 18.3 Å². The predicted molar refractivity (Wildman–Crippen MR) is 93.2 cm³/mol. The number of nitrogens with zero attached hydrogens (tertiary/aromatic N) is 1. The van der Waals surface area contributed by atoms with E-state index in [1.165, 1.54) is 12.1 Å². The lowest BCUT2D eigenvalue weighted by Crippen LogP contribution is -2.23. The van der Waals surface area contributed by atoms with E-state index in [0.717, 1.165) is 11.0 Å². The van der Waals surface area contributed by atoms with Crippen LogP contribution in [-0.2, 0) is 6.54 Å². The molecule has 0 spiro atoms. The average molecular weight is 387 g/mol. The number of imidazole rings is 1. The van der Waals surface area contributed by atoms with Crippen molar-refractivity contribution in [3.05, 3.63) is 64.3 Å². The van der Waals surface area contributed by atoms with E-state index < -0.39 is 0 Å². The predicted octanol–water partition coefficient (Wildman–Crippen LogP) is 3.88. The quantitative estimate of drug-likeness (QED) is 0.499. The topological polar surface area (TPSA) is 73.6 Å². The van der Waals surface area contributed by atoms with E-state index in [9.17, 15) is 9.18 Å². The number of fused-ring (bicyclic) bond motifs is 2. The minimum Gasteiger partial charge on any atom is -0.350 e. The van der Waals surface area contributed by atoms with Gasteiger partial charge >= 0.3 is 0 Å². The summed E-state index contributed by atoms with van der Waals surface area (Å²) < 4.78 is 14.5. The minimum atomic E-state index is -0.382. The molecule has 4 aromatic rings. The van der Waals surface area contributed by atoms with E-state index >= 15 is 0 Å². The molecule has 0 radical (unpaired) electrons. The molecule has 0 aliphatic rings. The molecular weight excluding hydrogens is 375 g/mol. The van der Waals surface area contributed by atoms with E-state index in [1.54, 1.807) is 6.07 Å². The molecule has 1 amide bonds. The van der Waals surface area contributed by atoms with E-state index in [0.29, 0.717) is 26.9 Å². The zero-order valence-corrected chi connectivity index (χ0v) is 13.9. The van der Waals surface area contributed by atoms with Crippen molar-refractivity contribution in [3.63, 3.8) is 0 Å². The summed E-state index contributed by atoms with van der Waals surface area (Å²) >= 11 is 3.23. The fourth-order valence-corrected chi connectivity index (χ4v) is 3.06. The first-order valence-corrected chi connectivity index (χ1v) is 8.09. The molecule has 5 nitrogen and oxygen atoms in total. The summed E-state index contributed by atoms with van der Waals surface area (Å²) in [7, 11) is 0. The second kappa shape index (κ2) is 5.76. The number of carbonyl (C=O) groups excluding carboxylic acids is 1. The number of aromatic nitrogens is 3. The molecule has 0 fully saturated rings. The lowest BCUT2D eigenvalue weighted by Gasteiger charge is -2.00. The van der Waals surface area contributed by atoms with Crippen LogP contribution < -0.4 is 5.32 Å². The van der Waals surface area contributed by atoms with Crippen molar-refractivity contribution in [3.8, 4) is 0 Å². The van der Waals surface area contributed by atoms with Crippen LogP contribution in [0, 0.1) is 5.82 Å². The van der Waals surface area contributed by atoms with Crippen molar-refractivity contribution < 1.29 is 9.18 Å². The van der Waals surface area contributed by atoms with Crippen molar-refractivity contribution in [2.75, 3.05) is 0 Å². The Balaban J connectivity index is 1.54. The van der Waals surface area contributed by atoms with Gasteiger partial charge in [-0.15, -0.1) is 0 Å². The number of para-hydroxylation sites is 2. The van der Waals surface area contributed by atoms with Gasteiger partial charge in [0, 0.05) is 9.86 Å². The highest BCUT2D eigenvalue weighted by Crippen LogP contribution is 2.24. The van der Waals surface area contributed by atoms with Gasteiger partial charge in [-0.2, -0.15) is 0 Å². The largest absolute Gasteiger partial charge is 0.350 e. The fraction of sp³-hybridized carbons (Fsp3) is 0.0588. The number of amides is 1. The second-order valence-electron chi connectivity index (χ2n) is 5.42. The fourth-order valence-electron chi connectivity index (χ4n) is 2.63. The Hall–Kier alpha value is -2.67. The molecule has 120 valence electrons. The highest BCUT2D eigenvalue weighted by Gasteiger charge is 2.13. The van der Waals surface area contributed by atoms with Gasteiger partial charge in [0.15, 0.2) is 0 Å². The number of carbonyl (C=O) groups is 1. The normalized spacial score (nSPS) is 11.2. The van der Waals surface area contributed by atoms with Gasteiger partial charge in [0.05, 0.1) is 23.1 Å². The number of aromatic amines is 2. The number of halogens is 2. The van der Waals surface area contributed by atoms with Gasteiger partial charge < -0.3 is 15.3 Å². The van der Waals surface area contributed by atoms with Crippen LogP contribution in [0.15, 0.2) is 46.9 Å². The standard InChI is InChI=1S/C17H12BrFN4O/c18-9-5-11(19)10-7-15(21-14(10)6-9)17(24)20-8-16-22-12-3-1-2-4-13(12)23-16/h1-7,21H,8H2,(H,20,24)(H,22,23). The molecule has 4 rings (SSSR count). The van der Waals surface area contributed by atoms with Gasteiger partial charge in [-0.25, -0.2) is 9.37 Å². The Morgan fingerprint density at radius 3 is 2.83 bits per heavy atom. The Morgan fingerprint density at radius 1 is 1.17 bits per heavy atom. The van der Waals surface area contributed by atoms with Crippen molar-refractivity contribution in [1.29, 1.82) is 0 Å². The smallest absolute Gasteiger partial charge is 0.268 e. The van der Waals surface area contributed by atoms with Gasteiger partial charge in [-0.1, -0.05) is 28.1 Å². The maximum atomic E-state index is 13.9. The number of hydrogen-bond donors (Lipinski definition) is 3. The van der Waals surface area contributed by atoms with E-state index in [1.807, 2.05) is 24.3 Å². The van der Waals surface area contributed by atoms with Crippen LogP contribution in [0.25, 0.3) is 21.9 Å². The molecule has 3 N–H and O–H groups in total. The summed E-state index contributed by atoms with van der Waals surface area (Å²) in [5, 5.41) is 3.15. The van der Waals surface area contributed by atoms with Gasteiger partial charge in [-0.3, -0.25) is 4.79 Å². The third-order valence-electron chi connectivity index (χ3n) is 3.75. The zero-order chi connectivity index (χ0) is 16.7. The lowest BCUT2D eigenvalue weighted by atomic mass is 10.2. The number of hydrogen-bond acceptors (Lipinski definition) is 2. The summed E-state index contributed by atoms with van der Waals surface area (Å²) in [5.41, 5.74) is 2.63. The molecule has 0 bridgehead atoms. The van der Waals surface area contributed by atoms with Crippen LogP contribution in [0.4, 0.5) is 4.39 Å². The molecule has 2 aromatic heterocycles. The Morgan fingerprint density at radius 2 is 2.00 bits per heavy atom. The van der Waals surface area contributed by atoms with Crippen molar-refractivity contribution in [1.82, 2.24) is 20.3 Å². The third-order valence-corrected chi connectivity index (χ3v) is 4.21. The average Bonchev–Trinajstić information content (AvgIpc) is 3.15.